The molecule has 1 amide bonds. The van der Waals surface area contributed by atoms with Crippen LogP contribution < -0.4 is 14.9 Å². The number of carbonyl (C=O) groups is 1. The van der Waals surface area contributed by atoms with Crippen molar-refractivity contribution in [2.45, 2.75) is 0 Å². The Morgan fingerprint density at radius 2 is 1.92 bits per heavy atom. The smallest absolute Gasteiger partial charge is 0.277 e. The van der Waals surface area contributed by atoms with E-state index in [1.54, 1.807) is 6.08 Å². The molecule has 0 atom stereocenters. The van der Waals surface area contributed by atoms with Gasteiger partial charge in [-0.05, 0) is 59.0 Å². The molecule has 2 rings (SSSR count). The summed E-state index contributed by atoms with van der Waals surface area (Å²) in [4.78, 5) is 11.7. The minimum atomic E-state index is -0.339. The van der Waals surface area contributed by atoms with E-state index in [1.165, 1.54) is 6.21 Å². The molecule has 0 fully saturated rings. The van der Waals surface area contributed by atoms with E-state index in [4.69, 9.17) is 9.47 Å². The van der Waals surface area contributed by atoms with Crippen LogP contribution in [-0.4, -0.2) is 25.3 Å². The van der Waals surface area contributed by atoms with Crippen LogP contribution in [0, 0.1) is 3.57 Å². The summed E-state index contributed by atoms with van der Waals surface area (Å²) in [5, 5.41) is 3.93. The van der Waals surface area contributed by atoms with Crippen LogP contribution in [0.5, 0.6) is 11.5 Å². The van der Waals surface area contributed by atoms with Crippen LogP contribution in [0.2, 0.25) is 0 Å². The maximum atomic E-state index is 11.7. The van der Waals surface area contributed by atoms with E-state index in [9.17, 15) is 4.79 Å². The zero-order valence-corrected chi connectivity index (χ0v) is 15.1. The SMILES string of the molecule is C=CCOc1ccccc1/C=N\NC(=O)COc1ccc(I)cc1. The van der Waals surface area contributed by atoms with Crippen molar-refractivity contribution in [2.75, 3.05) is 13.2 Å². The van der Waals surface area contributed by atoms with Gasteiger partial charge in [0, 0.05) is 9.13 Å². The molecule has 0 bridgehead atoms. The van der Waals surface area contributed by atoms with Crippen LogP contribution in [0.1, 0.15) is 5.56 Å². The van der Waals surface area contributed by atoms with Gasteiger partial charge in [-0.2, -0.15) is 5.10 Å². The van der Waals surface area contributed by atoms with Crippen LogP contribution in [0.15, 0.2) is 66.3 Å². The molecule has 0 heterocycles. The monoisotopic (exact) mass is 436 g/mol. The third kappa shape index (κ3) is 6.04. The highest BCUT2D eigenvalue weighted by atomic mass is 127. The maximum absolute atomic E-state index is 11.7. The Hall–Kier alpha value is -2.35. The molecule has 5 nitrogen and oxygen atoms in total. The number of halogens is 1. The summed E-state index contributed by atoms with van der Waals surface area (Å²) in [6, 6.07) is 14.8. The number of ether oxygens (including phenoxy) is 2. The maximum Gasteiger partial charge on any atom is 0.277 e. The average Bonchev–Trinajstić information content (AvgIpc) is 2.60. The van der Waals surface area contributed by atoms with Crippen LogP contribution in [0.25, 0.3) is 0 Å². The summed E-state index contributed by atoms with van der Waals surface area (Å²) in [5.74, 6) is 0.970. The summed E-state index contributed by atoms with van der Waals surface area (Å²) in [6.45, 7) is 3.91. The molecule has 0 aliphatic heterocycles. The average molecular weight is 436 g/mol. The number of benzene rings is 2. The van der Waals surface area contributed by atoms with Gasteiger partial charge in [0.15, 0.2) is 6.61 Å². The summed E-state index contributed by atoms with van der Waals surface area (Å²) in [6.07, 6.45) is 3.19. The van der Waals surface area contributed by atoms with Gasteiger partial charge in [-0.1, -0.05) is 24.8 Å². The van der Waals surface area contributed by atoms with E-state index >= 15 is 0 Å². The van der Waals surface area contributed by atoms with Crippen molar-refractivity contribution in [3.63, 3.8) is 0 Å². The molecule has 0 spiro atoms. The largest absolute Gasteiger partial charge is 0.489 e. The van der Waals surface area contributed by atoms with Gasteiger partial charge in [-0.3, -0.25) is 4.79 Å². The van der Waals surface area contributed by atoms with Gasteiger partial charge in [-0.15, -0.1) is 0 Å². The first-order valence-electron chi connectivity index (χ1n) is 7.22. The lowest BCUT2D eigenvalue weighted by Crippen LogP contribution is -2.24. The first-order valence-corrected chi connectivity index (χ1v) is 8.30. The van der Waals surface area contributed by atoms with E-state index in [2.05, 4.69) is 39.7 Å². The summed E-state index contributed by atoms with van der Waals surface area (Å²) in [7, 11) is 0. The van der Waals surface area contributed by atoms with Crippen LogP contribution in [-0.2, 0) is 4.79 Å². The third-order valence-corrected chi connectivity index (χ3v) is 3.57. The number of para-hydroxylation sites is 1. The predicted molar refractivity (Wildman–Crippen MR) is 103 cm³/mol. The van der Waals surface area contributed by atoms with E-state index < -0.39 is 0 Å². The van der Waals surface area contributed by atoms with Gasteiger partial charge in [0.2, 0.25) is 0 Å². The highest BCUT2D eigenvalue weighted by molar-refractivity contribution is 14.1. The molecule has 0 unspecified atom stereocenters. The lowest BCUT2D eigenvalue weighted by atomic mass is 10.2. The van der Waals surface area contributed by atoms with Gasteiger partial charge in [0.05, 0.1) is 6.21 Å². The van der Waals surface area contributed by atoms with Gasteiger partial charge in [0.25, 0.3) is 5.91 Å². The number of nitrogens with one attached hydrogen (secondary N) is 1. The topological polar surface area (TPSA) is 59.9 Å². The van der Waals surface area contributed by atoms with Gasteiger partial charge in [0.1, 0.15) is 18.1 Å². The van der Waals surface area contributed by atoms with Crippen LogP contribution >= 0.6 is 22.6 Å². The summed E-state index contributed by atoms with van der Waals surface area (Å²) in [5.41, 5.74) is 3.19. The zero-order chi connectivity index (χ0) is 17.2. The van der Waals surface area contributed by atoms with Crippen molar-refractivity contribution in [1.82, 2.24) is 5.43 Å². The lowest BCUT2D eigenvalue weighted by molar-refractivity contribution is -0.123. The van der Waals surface area contributed by atoms with Crippen molar-refractivity contribution in [3.05, 3.63) is 70.3 Å². The third-order valence-electron chi connectivity index (χ3n) is 2.85. The van der Waals surface area contributed by atoms with Crippen LogP contribution in [0.4, 0.5) is 0 Å². The van der Waals surface area contributed by atoms with Crippen molar-refractivity contribution < 1.29 is 14.3 Å². The number of rotatable bonds is 8. The van der Waals surface area contributed by atoms with E-state index in [0.29, 0.717) is 18.1 Å². The number of nitrogens with zero attached hydrogens (tertiary/aromatic N) is 1. The van der Waals surface area contributed by atoms with Gasteiger partial charge in [-0.25, -0.2) is 5.43 Å². The Bertz CT molecular complexity index is 714. The molecule has 2 aromatic carbocycles. The van der Waals surface area contributed by atoms with Crippen molar-refractivity contribution in [3.8, 4) is 11.5 Å². The molecule has 0 saturated carbocycles. The Balaban J connectivity index is 1.83. The molecule has 0 aliphatic rings. The van der Waals surface area contributed by atoms with E-state index in [1.807, 2.05) is 48.5 Å². The summed E-state index contributed by atoms with van der Waals surface area (Å²) >= 11 is 2.20. The standard InChI is InChI=1S/C18H17IN2O3/c1-2-11-23-17-6-4-3-5-14(17)12-20-21-18(22)13-24-16-9-7-15(19)8-10-16/h2-10,12H,1,11,13H2,(H,21,22)/b20-12-. The minimum absolute atomic E-state index is 0.105. The molecular formula is C18H17IN2O3. The number of hydrogen-bond donors (Lipinski definition) is 1. The lowest BCUT2D eigenvalue weighted by Gasteiger charge is -2.06. The first-order chi connectivity index (χ1) is 11.7. The Kier molecular flexibility index (Phi) is 7.28. The second-order valence-corrected chi connectivity index (χ2v) is 5.92. The Morgan fingerprint density at radius 1 is 1.17 bits per heavy atom. The number of amides is 1. The molecule has 0 radical (unpaired) electrons. The minimum Gasteiger partial charge on any atom is -0.489 e. The normalized spacial score (nSPS) is 10.4. The van der Waals surface area contributed by atoms with Crippen molar-refractivity contribution in [1.29, 1.82) is 0 Å². The summed E-state index contributed by atoms with van der Waals surface area (Å²) < 4.78 is 12.0. The van der Waals surface area contributed by atoms with Crippen molar-refractivity contribution in [2.24, 2.45) is 5.10 Å². The number of hydrazone groups is 1. The number of hydrogen-bond acceptors (Lipinski definition) is 4. The molecule has 124 valence electrons. The molecule has 0 saturated heterocycles. The van der Waals surface area contributed by atoms with Crippen molar-refractivity contribution >= 4 is 34.7 Å². The fourth-order valence-electron chi connectivity index (χ4n) is 1.75. The predicted octanol–water partition coefficient (Wildman–Crippen LogP) is 3.39. The molecule has 24 heavy (non-hydrogen) atoms. The molecule has 0 aliphatic carbocycles. The van der Waals surface area contributed by atoms with E-state index in [-0.39, 0.29) is 12.5 Å². The highest BCUT2D eigenvalue weighted by Crippen LogP contribution is 2.15. The second kappa shape index (κ2) is 9.71. The highest BCUT2D eigenvalue weighted by Gasteiger charge is 2.02. The molecular weight excluding hydrogens is 419 g/mol. The second-order valence-electron chi connectivity index (χ2n) is 4.67. The molecule has 1 N–H and O–H groups in total. The Morgan fingerprint density at radius 3 is 2.67 bits per heavy atom. The van der Waals surface area contributed by atoms with E-state index in [0.717, 1.165) is 9.13 Å². The number of carbonyl (C=O) groups excluding carboxylic acids is 1. The quantitative estimate of drug-likeness (QED) is 0.299. The van der Waals surface area contributed by atoms with Gasteiger partial charge >= 0.3 is 0 Å². The fraction of sp³-hybridized carbons (Fsp3) is 0.111. The molecule has 6 heteroatoms. The van der Waals surface area contributed by atoms with Crippen LogP contribution in [0.3, 0.4) is 0 Å². The van der Waals surface area contributed by atoms with Gasteiger partial charge < -0.3 is 9.47 Å². The first kappa shape index (κ1) is 18.0. The Labute approximate surface area is 154 Å². The molecule has 0 aromatic heterocycles. The fourth-order valence-corrected chi connectivity index (χ4v) is 2.11. The molecule has 2 aromatic rings. The zero-order valence-electron chi connectivity index (χ0n) is 12.9.